The van der Waals surface area contributed by atoms with Crippen molar-refractivity contribution < 1.29 is 22.7 Å². The summed E-state index contributed by atoms with van der Waals surface area (Å²) in [5, 5.41) is 0.554. The van der Waals surface area contributed by atoms with Gasteiger partial charge in [-0.15, -0.1) is 0 Å². The number of methoxy groups -OCH3 is 1. The molecule has 1 aromatic carbocycles. The van der Waals surface area contributed by atoms with Gasteiger partial charge in [-0.1, -0.05) is 37.6 Å². The van der Waals surface area contributed by atoms with E-state index in [-0.39, 0.29) is 23.7 Å². The maximum atomic E-state index is 13.2. The van der Waals surface area contributed by atoms with E-state index < -0.39 is 21.9 Å². The van der Waals surface area contributed by atoms with E-state index in [0.29, 0.717) is 18.1 Å². The minimum atomic E-state index is -3.72. The highest BCUT2D eigenvalue weighted by molar-refractivity contribution is 7.89. The lowest BCUT2D eigenvalue weighted by Gasteiger charge is -2.22. The number of aromatic nitrogens is 1. The van der Waals surface area contributed by atoms with Crippen LogP contribution in [0.2, 0.25) is 5.02 Å². The highest BCUT2D eigenvalue weighted by atomic mass is 35.5. The first kappa shape index (κ1) is 23.9. The van der Waals surface area contributed by atoms with Gasteiger partial charge in [0.15, 0.2) is 0 Å². The number of esters is 1. The van der Waals surface area contributed by atoms with Crippen LogP contribution in [0.25, 0.3) is 0 Å². The van der Waals surface area contributed by atoms with Crippen LogP contribution in [-0.4, -0.2) is 60.8 Å². The molecule has 0 spiro atoms. The van der Waals surface area contributed by atoms with E-state index in [0.717, 1.165) is 5.56 Å². The molecular formula is C20H26ClN3O5S. The van der Waals surface area contributed by atoms with Crippen molar-refractivity contribution in [2.75, 3.05) is 26.7 Å². The minimum absolute atomic E-state index is 0.0292. The predicted molar refractivity (Wildman–Crippen MR) is 114 cm³/mol. The topological polar surface area (TPSA) is 88.9 Å². The number of carbonyl (C=O) groups excluding carboxylic acids is 2. The number of carbonyl (C=O) groups is 2. The highest BCUT2D eigenvalue weighted by Gasteiger charge is 2.28. The Morgan fingerprint density at radius 1 is 1.13 bits per heavy atom. The summed E-state index contributed by atoms with van der Waals surface area (Å²) in [4.78, 5) is 26.4. The Morgan fingerprint density at radius 3 is 2.27 bits per heavy atom. The Kier molecular flexibility index (Phi) is 8.05. The van der Waals surface area contributed by atoms with E-state index in [1.807, 2.05) is 0 Å². The predicted octanol–water partition coefficient (Wildman–Crippen LogP) is 2.52. The second kappa shape index (κ2) is 10.1. The first-order valence-electron chi connectivity index (χ1n) is 9.41. The lowest BCUT2D eigenvalue weighted by Crippen LogP contribution is -2.36. The van der Waals surface area contributed by atoms with Crippen molar-refractivity contribution in [1.29, 1.82) is 0 Å². The molecule has 0 saturated heterocycles. The number of amides is 1. The van der Waals surface area contributed by atoms with E-state index in [1.54, 1.807) is 45.2 Å². The molecule has 0 aliphatic heterocycles. The zero-order valence-corrected chi connectivity index (χ0v) is 19.0. The van der Waals surface area contributed by atoms with Gasteiger partial charge in [-0.3, -0.25) is 9.59 Å². The first-order chi connectivity index (χ1) is 14.1. The van der Waals surface area contributed by atoms with Crippen LogP contribution in [0, 0.1) is 0 Å². The van der Waals surface area contributed by atoms with Gasteiger partial charge in [0, 0.05) is 37.9 Å². The molecule has 0 atom stereocenters. The van der Waals surface area contributed by atoms with Gasteiger partial charge in [-0.05, 0) is 23.8 Å². The molecule has 8 nitrogen and oxygen atoms in total. The molecule has 10 heteroatoms. The normalized spacial score (nSPS) is 11.5. The van der Waals surface area contributed by atoms with E-state index in [2.05, 4.69) is 0 Å². The molecule has 1 heterocycles. The van der Waals surface area contributed by atoms with Crippen LogP contribution in [0.1, 0.15) is 29.9 Å². The largest absolute Gasteiger partial charge is 0.468 e. The standard InChI is InChI=1S/C20H26ClN3O5S/c1-5-24(6-2)30(27,28)17-11-18(22(3)13-17)20(26)23(14-19(25)29-4)12-15-7-9-16(21)10-8-15/h7-11,13H,5-6,12,14H2,1-4H3. The number of halogens is 1. The number of hydrogen-bond acceptors (Lipinski definition) is 5. The Balaban J connectivity index is 2.38. The maximum Gasteiger partial charge on any atom is 0.325 e. The third-order valence-electron chi connectivity index (χ3n) is 4.66. The molecule has 30 heavy (non-hydrogen) atoms. The van der Waals surface area contributed by atoms with Gasteiger partial charge in [0.1, 0.15) is 17.1 Å². The third kappa shape index (κ3) is 5.41. The van der Waals surface area contributed by atoms with Gasteiger partial charge in [-0.2, -0.15) is 4.31 Å². The van der Waals surface area contributed by atoms with Crippen molar-refractivity contribution in [3.05, 3.63) is 52.8 Å². The first-order valence-corrected chi connectivity index (χ1v) is 11.2. The average Bonchev–Trinajstić information content (AvgIpc) is 3.11. The number of hydrogen-bond donors (Lipinski definition) is 0. The molecule has 0 N–H and O–H groups in total. The SMILES string of the molecule is CCN(CC)S(=O)(=O)c1cc(C(=O)N(CC(=O)OC)Cc2ccc(Cl)cc2)n(C)c1. The molecule has 0 unspecified atom stereocenters. The van der Waals surface area contributed by atoms with Gasteiger partial charge in [-0.25, -0.2) is 8.42 Å². The molecule has 0 fully saturated rings. The van der Waals surface area contributed by atoms with Crippen molar-refractivity contribution in [2.24, 2.45) is 7.05 Å². The van der Waals surface area contributed by atoms with Gasteiger partial charge in [0.05, 0.1) is 7.11 Å². The summed E-state index contributed by atoms with van der Waals surface area (Å²) in [5.74, 6) is -1.07. The highest BCUT2D eigenvalue weighted by Crippen LogP contribution is 2.20. The molecule has 0 saturated carbocycles. The van der Waals surface area contributed by atoms with Crippen molar-refractivity contribution in [3.63, 3.8) is 0 Å². The second-order valence-corrected chi connectivity index (χ2v) is 9.00. The number of ether oxygens (including phenoxy) is 1. The van der Waals surface area contributed by atoms with E-state index >= 15 is 0 Å². The maximum absolute atomic E-state index is 13.2. The zero-order valence-electron chi connectivity index (χ0n) is 17.5. The number of rotatable bonds is 9. The number of nitrogens with zero attached hydrogens (tertiary/aromatic N) is 3. The summed E-state index contributed by atoms with van der Waals surface area (Å²) >= 11 is 5.91. The summed E-state index contributed by atoms with van der Waals surface area (Å²) in [5.41, 5.74) is 0.917. The summed E-state index contributed by atoms with van der Waals surface area (Å²) in [7, 11) is -0.887. The van der Waals surface area contributed by atoms with Crippen LogP contribution in [-0.2, 0) is 33.1 Å². The smallest absolute Gasteiger partial charge is 0.325 e. The lowest BCUT2D eigenvalue weighted by atomic mass is 10.2. The van der Waals surface area contributed by atoms with Crippen molar-refractivity contribution in [3.8, 4) is 0 Å². The molecule has 0 aliphatic carbocycles. The van der Waals surface area contributed by atoms with Crippen molar-refractivity contribution >= 4 is 33.5 Å². The number of aryl methyl sites for hydroxylation is 1. The summed E-state index contributed by atoms with van der Waals surface area (Å²) < 4.78 is 33.1. The molecule has 2 aromatic rings. The summed E-state index contributed by atoms with van der Waals surface area (Å²) in [6, 6.07) is 8.22. The van der Waals surface area contributed by atoms with Crippen LogP contribution in [0.5, 0.6) is 0 Å². The molecule has 2 rings (SSSR count). The fourth-order valence-corrected chi connectivity index (χ4v) is 4.65. The molecular weight excluding hydrogens is 430 g/mol. The number of sulfonamides is 1. The molecule has 0 radical (unpaired) electrons. The minimum Gasteiger partial charge on any atom is -0.468 e. The van der Waals surface area contributed by atoms with E-state index in [1.165, 1.54) is 33.1 Å². The van der Waals surface area contributed by atoms with Crippen LogP contribution >= 0.6 is 11.6 Å². The fourth-order valence-electron chi connectivity index (χ4n) is 2.99. The lowest BCUT2D eigenvalue weighted by molar-refractivity contribution is -0.141. The number of benzene rings is 1. The van der Waals surface area contributed by atoms with Crippen molar-refractivity contribution in [1.82, 2.24) is 13.8 Å². The average molecular weight is 456 g/mol. The van der Waals surface area contributed by atoms with Gasteiger partial charge >= 0.3 is 5.97 Å². The zero-order chi connectivity index (χ0) is 22.5. The van der Waals surface area contributed by atoms with Crippen LogP contribution < -0.4 is 0 Å². The molecule has 164 valence electrons. The Bertz CT molecular complexity index is 998. The van der Waals surface area contributed by atoms with E-state index in [4.69, 9.17) is 16.3 Å². The molecule has 1 aromatic heterocycles. The fraction of sp³-hybridized carbons (Fsp3) is 0.400. The summed E-state index contributed by atoms with van der Waals surface area (Å²) in [6.45, 7) is 4.00. The monoisotopic (exact) mass is 455 g/mol. The molecule has 1 amide bonds. The van der Waals surface area contributed by atoms with Crippen LogP contribution in [0.3, 0.4) is 0 Å². The van der Waals surface area contributed by atoms with Gasteiger partial charge in [0.2, 0.25) is 10.0 Å². The Labute approximate surface area is 182 Å². The van der Waals surface area contributed by atoms with Gasteiger partial charge in [0.25, 0.3) is 5.91 Å². The molecule has 0 aliphatic rings. The van der Waals surface area contributed by atoms with Crippen LogP contribution in [0.15, 0.2) is 41.4 Å². The van der Waals surface area contributed by atoms with E-state index in [9.17, 15) is 18.0 Å². The third-order valence-corrected chi connectivity index (χ3v) is 6.93. The quantitative estimate of drug-likeness (QED) is 0.542. The van der Waals surface area contributed by atoms with Crippen molar-refractivity contribution in [2.45, 2.75) is 25.3 Å². The summed E-state index contributed by atoms with van der Waals surface area (Å²) in [6.07, 6.45) is 1.40. The second-order valence-electron chi connectivity index (χ2n) is 6.63. The Morgan fingerprint density at radius 2 is 1.73 bits per heavy atom. The van der Waals surface area contributed by atoms with Crippen LogP contribution in [0.4, 0.5) is 0 Å². The van der Waals surface area contributed by atoms with Gasteiger partial charge < -0.3 is 14.2 Å². The molecule has 0 bridgehead atoms. The Hall–Kier alpha value is -2.36.